The Labute approximate surface area is 195 Å². The summed E-state index contributed by atoms with van der Waals surface area (Å²) in [7, 11) is 1.44. The van der Waals surface area contributed by atoms with E-state index in [4.69, 9.17) is 9.47 Å². The molecule has 0 aliphatic carbocycles. The van der Waals surface area contributed by atoms with Gasteiger partial charge < -0.3 is 14.8 Å². The molecule has 0 saturated heterocycles. The van der Waals surface area contributed by atoms with Crippen molar-refractivity contribution in [3.05, 3.63) is 98.9 Å². The Hall–Kier alpha value is -4.71. The van der Waals surface area contributed by atoms with Crippen LogP contribution in [0.5, 0.6) is 11.5 Å². The van der Waals surface area contributed by atoms with Crippen LogP contribution in [0, 0.1) is 34.2 Å². The van der Waals surface area contributed by atoms with E-state index in [9.17, 15) is 24.6 Å². The normalized spacial score (nSPS) is 10.8. The number of rotatable bonds is 8. The van der Waals surface area contributed by atoms with Gasteiger partial charge in [0.05, 0.1) is 12.0 Å². The number of nitriles is 1. The van der Waals surface area contributed by atoms with Crippen LogP contribution in [0.25, 0.3) is 6.08 Å². The summed E-state index contributed by atoms with van der Waals surface area (Å²) >= 11 is 0. The van der Waals surface area contributed by atoms with Gasteiger partial charge in [0.2, 0.25) is 0 Å². The molecule has 9 heteroatoms. The van der Waals surface area contributed by atoms with E-state index in [0.29, 0.717) is 33.9 Å². The van der Waals surface area contributed by atoms with E-state index in [0.717, 1.165) is 0 Å². The molecule has 1 N–H and O–H groups in total. The monoisotopic (exact) mass is 461 g/mol. The number of anilines is 1. The lowest BCUT2D eigenvalue weighted by atomic mass is 10.1. The van der Waals surface area contributed by atoms with Gasteiger partial charge >= 0.3 is 0 Å². The van der Waals surface area contributed by atoms with Crippen LogP contribution in [0.3, 0.4) is 0 Å². The van der Waals surface area contributed by atoms with Gasteiger partial charge in [0.25, 0.3) is 11.6 Å². The van der Waals surface area contributed by atoms with Crippen LogP contribution in [0.4, 0.5) is 15.8 Å². The molecule has 3 rings (SSSR count). The minimum atomic E-state index is -0.668. The molecule has 0 fully saturated rings. The molecule has 0 bridgehead atoms. The third-order valence-electron chi connectivity index (χ3n) is 4.87. The molecular formula is C25H20FN3O5. The molecule has 1 amide bonds. The zero-order valence-corrected chi connectivity index (χ0v) is 18.4. The number of nitro groups is 1. The van der Waals surface area contributed by atoms with Gasteiger partial charge in [-0.25, -0.2) is 4.39 Å². The van der Waals surface area contributed by atoms with Gasteiger partial charge in [-0.3, -0.25) is 14.9 Å². The van der Waals surface area contributed by atoms with Gasteiger partial charge in [-0.1, -0.05) is 24.3 Å². The summed E-state index contributed by atoms with van der Waals surface area (Å²) < 4.78 is 24.8. The number of nitrogens with zero attached hydrogens (tertiary/aromatic N) is 2. The molecule has 34 heavy (non-hydrogen) atoms. The lowest BCUT2D eigenvalue weighted by molar-refractivity contribution is -0.384. The van der Waals surface area contributed by atoms with Crippen LogP contribution in [-0.2, 0) is 11.4 Å². The molecule has 3 aromatic carbocycles. The summed E-state index contributed by atoms with van der Waals surface area (Å²) in [5.74, 6) is -0.339. The summed E-state index contributed by atoms with van der Waals surface area (Å²) in [6.45, 7) is 1.61. The second-order valence-corrected chi connectivity index (χ2v) is 7.17. The van der Waals surface area contributed by atoms with E-state index in [-0.39, 0.29) is 23.7 Å². The number of ether oxygens (including phenoxy) is 2. The molecule has 0 aromatic heterocycles. The van der Waals surface area contributed by atoms with E-state index in [1.165, 1.54) is 37.5 Å². The van der Waals surface area contributed by atoms with Crippen LogP contribution in [0.15, 0.2) is 66.2 Å². The van der Waals surface area contributed by atoms with Gasteiger partial charge in [0.15, 0.2) is 11.5 Å². The third-order valence-corrected chi connectivity index (χ3v) is 4.87. The number of nitrogens with one attached hydrogen (secondary N) is 1. The fourth-order valence-electron chi connectivity index (χ4n) is 3.07. The van der Waals surface area contributed by atoms with E-state index < -0.39 is 10.8 Å². The van der Waals surface area contributed by atoms with Crippen molar-refractivity contribution in [2.24, 2.45) is 0 Å². The summed E-state index contributed by atoms with van der Waals surface area (Å²) in [5, 5.41) is 22.9. The van der Waals surface area contributed by atoms with Crippen molar-refractivity contribution < 1.29 is 23.6 Å². The standard InChI is InChI=1S/C25H20FN3O5/c1-16-11-20(29(31)32)8-9-22(16)28-25(30)19(14-27)12-17-7-10-23(24(13-17)33-2)34-15-18-5-3-4-6-21(18)26/h3-13H,15H2,1-2H3,(H,28,30). The summed E-state index contributed by atoms with van der Waals surface area (Å²) in [6.07, 6.45) is 1.37. The smallest absolute Gasteiger partial charge is 0.269 e. The number of hydrogen-bond donors (Lipinski definition) is 1. The molecule has 0 radical (unpaired) electrons. The number of benzene rings is 3. The summed E-state index contributed by atoms with van der Waals surface area (Å²) in [6, 6.07) is 16.9. The molecule has 0 atom stereocenters. The van der Waals surface area contributed by atoms with Crippen LogP contribution in [-0.4, -0.2) is 17.9 Å². The van der Waals surface area contributed by atoms with Crippen LogP contribution < -0.4 is 14.8 Å². The number of aryl methyl sites for hydroxylation is 1. The fourth-order valence-corrected chi connectivity index (χ4v) is 3.07. The molecule has 0 heterocycles. The summed E-state index contributed by atoms with van der Waals surface area (Å²) in [5.41, 5.74) is 1.44. The van der Waals surface area contributed by atoms with Crippen LogP contribution in [0.1, 0.15) is 16.7 Å². The van der Waals surface area contributed by atoms with E-state index in [1.807, 2.05) is 6.07 Å². The van der Waals surface area contributed by atoms with Crippen molar-refractivity contribution in [3.8, 4) is 17.6 Å². The summed E-state index contributed by atoms with van der Waals surface area (Å²) in [4.78, 5) is 23.0. The quantitative estimate of drug-likeness (QED) is 0.214. The first-order chi connectivity index (χ1) is 16.3. The largest absolute Gasteiger partial charge is 0.493 e. The Balaban J connectivity index is 1.77. The molecule has 0 unspecified atom stereocenters. The molecular weight excluding hydrogens is 441 g/mol. The van der Waals surface area contributed by atoms with E-state index in [1.54, 1.807) is 43.3 Å². The topological polar surface area (TPSA) is 114 Å². The minimum absolute atomic E-state index is 0.00133. The number of hydrogen-bond acceptors (Lipinski definition) is 6. The predicted molar refractivity (Wildman–Crippen MR) is 124 cm³/mol. The van der Waals surface area contributed by atoms with Crippen molar-refractivity contribution in [3.63, 3.8) is 0 Å². The Bertz CT molecular complexity index is 1310. The lowest BCUT2D eigenvalue weighted by Crippen LogP contribution is -2.14. The number of methoxy groups -OCH3 is 1. The highest BCUT2D eigenvalue weighted by atomic mass is 19.1. The molecule has 8 nitrogen and oxygen atoms in total. The highest BCUT2D eigenvalue weighted by molar-refractivity contribution is 6.10. The minimum Gasteiger partial charge on any atom is -0.493 e. The number of non-ortho nitro benzene ring substituents is 1. The second kappa shape index (κ2) is 10.7. The molecule has 172 valence electrons. The second-order valence-electron chi connectivity index (χ2n) is 7.17. The van der Waals surface area contributed by atoms with Crippen LogP contribution >= 0.6 is 0 Å². The number of carbonyl (C=O) groups excluding carboxylic acids is 1. The highest BCUT2D eigenvalue weighted by Gasteiger charge is 2.14. The van der Waals surface area contributed by atoms with Gasteiger partial charge in [-0.05, 0) is 48.4 Å². The zero-order valence-electron chi connectivity index (χ0n) is 18.4. The maximum Gasteiger partial charge on any atom is 0.269 e. The third kappa shape index (κ3) is 5.75. The van der Waals surface area contributed by atoms with Gasteiger partial charge in [0.1, 0.15) is 24.1 Å². The number of amides is 1. The van der Waals surface area contributed by atoms with Gasteiger partial charge in [-0.15, -0.1) is 0 Å². The predicted octanol–water partition coefficient (Wildman–Crippen LogP) is 5.18. The maximum absolute atomic E-state index is 13.8. The average molecular weight is 461 g/mol. The molecule has 0 spiro atoms. The van der Waals surface area contributed by atoms with Crippen molar-refractivity contribution in [1.29, 1.82) is 5.26 Å². The molecule has 0 aliphatic heterocycles. The first kappa shape index (κ1) is 23.9. The van der Waals surface area contributed by atoms with E-state index >= 15 is 0 Å². The lowest BCUT2D eigenvalue weighted by Gasteiger charge is -2.12. The molecule has 3 aromatic rings. The number of carbonyl (C=O) groups is 1. The Morgan fingerprint density at radius 3 is 2.59 bits per heavy atom. The van der Waals surface area contributed by atoms with Gasteiger partial charge in [0, 0.05) is 23.4 Å². The van der Waals surface area contributed by atoms with Crippen molar-refractivity contribution in [1.82, 2.24) is 0 Å². The first-order valence-corrected chi connectivity index (χ1v) is 10.0. The maximum atomic E-state index is 13.8. The van der Waals surface area contributed by atoms with Crippen molar-refractivity contribution in [2.45, 2.75) is 13.5 Å². The Kier molecular flexibility index (Phi) is 7.56. The average Bonchev–Trinajstić information content (AvgIpc) is 2.83. The molecule has 0 aliphatic rings. The van der Waals surface area contributed by atoms with E-state index in [2.05, 4.69) is 5.32 Å². The first-order valence-electron chi connectivity index (χ1n) is 10.0. The molecule has 0 saturated carbocycles. The number of halogens is 1. The SMILES string of the molecule is COc1cc(C=C(C#N)C(=O)Nc2ccc([N+](=O)[O-])cc2C)ccc1OCc1ccccc1F. The highest BCUT2D eigenvalue weighted by Crippen LogP contribution is 2.30. The Morgan fingerprint density at radius 1 is 1.18 bits per heavy atom. The zero-order chi connectivity index (χ0) is 24.7. The van der Waals surface area contributed by atoms with Crippen LogP contribution in [0.2, 0.25) is 0 Å². The van der Waals surface area contributed by atoms with Crippen molar-refractivity contribution >= 4 is 23.4 Å². The van der Waals surface area contributed by atoms with Crippen molar-refractivity contribution in [2.75, 3.05) is 12.4 Å². The van der Waals surface area contributed by atoms with Gasteiger partial charge in [-0.2, -0.15) is 5.26 Å². The number of nitro benzene ring substituents is 1. The fraction of sp³-hybridized carbons (Fsp3) is 0.120. The Morgan fingerprint density at radius 2 is 1.94 bits per heavy atom.